The molecule has 1 fully saturated rings. The van der Waals surface area contributed by atoms with Gasteiger partial charge in [0.1, 0.15) is 42.3 Å². The molecule has 0 radical (unpaired) electrons. The van der Waals surface area contributed by atoms with Gasteiger partial charge in [-0.25, -0.2) is 4.98 Å². The van der Waals surface area contributed by atoms with Crippen LogP contribution in [-0.4, -0.2) is 272 Å². The number of fused-ring (bicyclic) bond motifs is 1. The van der Waals surface area contributed by atoms with Crippen LogP contribution in [0.3, 0.4) is 0 Å². The molecule has 5 aromatic rings. The van der Waals surface area contributed by atoms with Gasteiger partial charge in [-0.1, -0.05) is 76.2 Å². The number of carbonyl (C=O) groups excluding carboxylic acids is 11. The van der Waals surface area contributed by atoms with Crippen LogP contribution in [0.25, 0.3) is 22.0 Å². The van der Waals surface area contributed by atoms with E-state index in [1.165, 1.54) is 37.3 Å². The number of aliphatic carboxylic acids is 3. The maximum absolute atomic E-state index is 14.6. The van der Waals surface area contributed by atoms with Crippen molar-refractivity contribution in [1.82, 2.24) is 82.4 Å². The monoisotopic (exact) mass is 1530 g/mol. The van der Waals surface area contributed by atoms with Gasteiger partial charge in [0.2, 0.25) is 59.1 Å². The van der Waals surface area contributed by atoms with Crippen LogP contribution in [0.5, 0.6) is 0 Å². The molecule has 0 bridgehead atoms. The van der Waals surface area contributed by atoms with Crippen molar-refractivity contribution in [2.24, 2.45) is 23.3 Å². The normalized spacial score (nSPS) is 15.4. The molecule has 0 spiro atoms. The van der Waals surface area contributed by atoms with Crippen molar-refractivity contribution < 1.29 is 82.4 Å². The molecule has 3 aromatic carbocycles. The van der Waals surface area contributed by atoms with Gasteiger partial charge >= 0.3 is 17.9 Å². The molecule has 11 amide bonds. The average molecular weight is 1540 g/mol. The Morgan fingerprint density at radius 1 is 0.541 bits per heavy atom. The number of hydrogen-bond acceptors (Lipinski definition) is 20. The van der Waals surface area contributed by atoms with Crippen LogP contribution in [0.15, 0.2) is 91.5 Å². The van der Waals surface area contributed by atoms with Crippen LogP contribution in [0.4, 0.5) is 0 Å². The number of H-pyrrole nitrogens is 2. The molecule has 1 saturated heterocycles. The summed E-state index contributed by atoms with van der Waals surface area (Å²) in [7, 11) is 0. The lowest BCUT2D eigenvalue weighted by atomic mass is 10.00. The average Bonchev–Trinajstić information content (AvgIpc) is 1.37. The highest BCUT2D eigenvalue weighted by atomic mass is 32.2. The van der Waals surface area contributed by atoms with Crippen molar-refractivity contribution in [2.45, 2.75) is 122 Å². The fourth-order valence-electron chi connectivity index (χ4n) is 12.1. The van der Waals surface area contributed by atoms with E-state index >= 15 is 0 Å². The summed E-state index contributed by atoms with van der Waals surface area (Å²) in [5, 5.41) is 53.5. The minimum Gasteiger partial charge on any atom is -0.480 e. The van der Waals surface area contributed by atoms with E-state index in [9.17, 15) is 82.4 Å². The highest BCUT2D eigenvalue weighted by molar-refractivity contribution is 7.98. The number of primary amides is 2. The Bertz CT molecular complexity index is 3940. The van der Waals surface area contributed by atoms with Crippen molar-refractivity contribution in [2.75, 3.05) is 97.1 Å². The predicted molar refractivity (Wildman–Crippen MR) is 403 cm³/mol. The first kappa shape index (κ1) is 87.1. The number of carboxylic acids is 3. The molecule has 592 valence electrons. The van der Waals surface area contributed by atoms with E-state index in [0.29, 0.717) is 44.6 Å². The quantitative estimate of drug-likeness (QED) is 0.0211. The van der Waals surface area contributed by atoms with Crippen LogP contribution < -0.4 is 59.3 Å². The summed E-state index contributed by atoms with van der Waals surface area (Å²) in [5.74, 6) is -11.7. The van der Waals surface area contributed by atoms with Gasteiger partial charge in [-0.05, 0) is 96.5 Å². The van der Waals surface area contributed by atoms with Crippen molar-refractivity contribution in [1.29, 1.82) is 0 Å². The number of aromatic nitrogens is 3. The minimum atomic E-state index is -1.47. The van der Waals surface area contributed by atoms with Crippen molar-refractivity contribution in [3.05, 3.63) is 114 Å². The number of hydrogen-bond donors (Lipinski definition) is 16. The van der Waals surface area contributed by atoms with E-state index < -0.39 is 132 Å². The molecule has 3 heterocycles. The summed E-state index contributed by atoms with van der Waals surface area (Å²) in [6, 6.07) is 11.7. The summed E-state index contributed by atoms with van der Waals surface area (Å²) in [6.07, 6.45) is 5.75. The Morgan fingerprint density at radius 2 is 1.09 bits per heavy atom. The zero-order valence-electron chi connectivity index (χ0n) is 62.1. The van der Waals surface area contributed by atoms with E-state index in [1.54, 1.807) is 106 Å². The van der Waals surface area contributed by atoms with E-state index in [2.05, 4.69) is 62.8 Å². The van der Waals surface area contributed by atoms with Gasteiger partial charge in [-0.2, -0.15) is 11.8 Å². The van der Waals surface area contributed by atoms with Crippen LogP contribution in [0, 0.1) is 11.8 Å². The molecule has 18 N–H and O–H groups in total. The number of thioether (sulfide) groups is 1. The van der Waals surface area contributed by atoms with Gasteiger partial charge in [-0.3, -0.25) is 86.7 Å². The van der Waals surface area contributed by atoms with Crippen LogP contribution in [-0.2, 0) is 81.7 Å². The fourth-order valence-corrected chi connectivity index (χ4v) is 12.5. The van der Waals surface area contributed by atoms with Gasteiger partial charge in [0.25, 0.3) is 5.91 Å². The third-order valence-electron chi connectivity index (χ3n) is 17.9. The molecule has 2 aromatic heterocycles. The molecule has 0 aliphatic carbocycles. The summed E-state index contributed by atoms with van der Waals surface area (Å²) in [6.45, 7) is 8.34. The standard InChI is InChI=1S/C73H102N18O17S/c1-43(2)29-56(71(106)83-54(66(75)101)19-28-109-6)85-72(107)58(33-51-36-76-42-80-51)82-60(93)37-79-73(108)65(44(3)4)87-67(102)45(5)81-70(105)57(32-50-35-77-53-16-8-7-15-52(50)53)86-69(104)55(17-18-59(74)92)84-68(103)49-14-10-13-48(31-49)47-12-9-11-46(30-47)34-78-61(94)38-88-20-22-89(39-62(95)96)24-26-91(41-64(99)100)27-25-90(23-21-88)40-63(97)98/h7-16,30-31,35-36,42-45,54-58,65,77H,17-29,32-34,37-41H2,1-6H3,(H2,74,92)(H2,75,101)(H,76,80)(H,78,94)(H,79,108)(H,81,105)(H,82,93)(H,83,106)(H,84,103)(H,85,107)(H,86,104)(H,87,102)(H,95,96)(H,97,98)(H,99,100)/t45-,54-,55-,56-,57-,58-,65-/m0/s1. The summed E-state index contributed by atoms with van der Waals surface area (Å²) < 4.78 is 0. The molecule has 0 saturated carbocycles. The second kappa shape index (κ2) is 43.9. The second-order valence-corrected chi connectivity index (χ2v) is 28.5. The van der Waals surface area contributed by atoms with E-state index in [4.69, 9.17) is 11.5 Å². The number of rotatable bonds is 41. The van der Waals surface area contributed by atoms with Gasteiger partial charge in [0.15, 0.2) is 0 Å². The fraction of sp³-hybridized carbons (Fsp3) is 0.493. The first-order valence-electron chi connectivity index (χ1n) is 35.8. The lowest BCUT2D eigenvalue weighted by Crippen LogP contribution is -2.59. The van der Waals surface area contributed by atoms with E-state index in [0.717, 1.165) is 0 Å². The number of benzene rings is 3. The largest absolute Gasteiger partial charge is 0.480 e. The Kier molecular flexibility index (Phi) is 35.0. The number of aromatic amines is 2. The molecule has 1 aliphatic rings. The summed E-state index contributed by atoms with van der Waals surface area (Å²) >= 11 is 1.45. The Morgan fingerprint density at radius 3 is 1.66 bits per heavy atom. The summed E-state index contributed by atoms with van der Waals surface area (Å²) in [5.41, 5.74) is 14.8. The SMILES string of the molecule is CSCC[C@H](NC(=O)[C@H](CC(C)C)NC(=O)[C@H](Cc1cnc[nH]1)NC(=O)CNC(=O)[C@@H](NC(=O)[C@H](C)NC(=O)[C@H](Cc1c[nH]c2ccccc12)NC(=O)[C@H](CCC(N)=O)NC(=O)c1cccc(-c2cccc(CNC(=O)CN3CCN(CC(=O)O)CCN(CC(=O)O)CCN(CC(=O)O)CC3)c2)c1)C(C)C)C(N)=O. The van der Waals surface area contributed by atoms with E-state index in [-0.39, 0.29) is 141 Å². The lowest BCUT2D eigenvalue weighted by molar-refractivity contribution is -0.140. The number of carbonyl (C=O) groups is 14. The van der Waals surface area contributed by atoms with Crippen molar-refractivity contribution in [3.63, 3.8) is 0 Å². The number of carboxylic acid groups (broad SMARTS) is 3. The molecular weight excluding hydrogens is 1430 g/mol. The molecule has 35 nitrogen and oxygen atoms in total. The maximum Gasteiger partial charge on any atom is 0.317 e. The zero-order chi connectivity index (χ0) is 79.9. The number of nitrogens with one attached hydrogen (secondary N) is 11. The number of nitrogens with zero attached hydrogens (tertiary/aromatic N) is 5. The van der Waals surface area contributed by atoms with Gasteiger partial charge in [-0.15, -0.1) is 0 Å². The van der Waals surface area contributed by atoms with Crippen LogP contribution in [0.2, 0.25) is 0 Å². The number of para-hydroxylation sites is 1. The molecule has 1 aliphatic heterocycles. The van der Waals surface area contributed by atoms with Gasteiger partial charge in [0.05, 0.1) is 39.1 Å². The molecule has 6 rings (SSSR count). The zero-order valence-corrected chi connectivity index (χ0v) is 62.9. The highest BCUT2D eigenvalue weighted by Crippen LogP contribution is 2.24. The van der Waals surface area contributed by atoms with E-state index in [1.807, 2.05) is 20.1 Å². The Hall–Kier alpha value is -10.8. The third kappa shape index (κ3) is 30.0. The van der Waals surface area contributed by atoms with Crippen LogP contribution >= 0.6 is 11.8 Å². The number of imidazole rings is 1. The number of amides is 11. The first-order valence-corrected chi connectivity index (χ1v) is 37.2. The maximum atomic E-state index is 14.6. The third-order valence-corrected chi connectivity index (χ3v) is 18.6. The molecule has 109 heavy (non-hydrogen) atoms. The smallest absolute Gasteiger partial charge is 0.317 e. The van der Waals surface area contributed by atoms with Crippen molar-refractivity contribution >= 4 is 106 Å². The minimum absolute atomic E-state index is 0.0658. The molecule has 36 heteroatoms. The Balaban J connectivity index is 1.11. The summed E-state index contributed by atoms with van der Waals surface area (Å²) in [4.78, 5) is 203. The molecule has 0 unspecified atom stereocenters. The van der Waals surface area contributed by atoms with Crippen molar-refractivity contribution in [3.8, 4) is 11.1 Å². The second-order valence-electron chi connectivity index (χ2n) is 27.5. The van der Waals surface area contributed by atoms with Gasteiger partial charge < -0.3 is 84.6 Å². The molecule has 7 atom stereocenters. The highest BCUT2D eigenvalue weighted by Gasteiger charge is 2.35. The number of nitrogens with two attached hydrogens (primary N) is 2. The lowest BCUT2D eigenvalue weighted by Gasteiger charge is -2.32. The topological polar surface area (TPSA) is 517 Å². The van der Waals surface area contributed by atoms with Crippen LogP contribution in [0.1, 0.15) is 87.5 Å². The first-order chi connectivity index (χ1) is 51.8. The van der Waals surface area contributed by atoms with Gasteiger partial charge in [0, 0.05) is 113 Å². The Labute approximate surface area is 635 Å². The molecular formula is C73H102N18O17S. The predicted octanol–water partition coefficient (Wildman–Crippen LogP) is -1.52.